The Morgan fingerprint density at radius 2 is 1.79 bits per heavy atom. The number of benzene rings is 2. The molecule has 0 saturated heterocycles. The van der Waals surface area contributed by atoms with E-state index in [1.807, 2.05) is 43.3 Å². The quantitative estimate of drug-likeness (QED) is 0.633. The second kappa shape index (κ2) is 8.72. The minimum absolute atomic E-state index is 0.450. The molecule has 0 fully saturated rings. The summed E-state index contributed by atoms with van der Waals surface area (Å²) in [5.74, 6) is -0.823. The Labute approximate surface area is 142 Å². The lowest BCUT2D eigenvalue weighted by atomic mass is 10.1. The van der Waals surface area contributed by atoms with Gasteiger partial charge in [-0.15, -0.1) is 0 Å². The van der Waals surface area contributed by atoms with Gasteiger partial charge in [0.1, 0.15) is 5.75 Å². The maximum Gasteiger partial charge on any atom is 0.313 e. The molecule has 0 saturated carbocycles. The summed E-state index contributed by atoms with van der Waals surface area (Å²) < 4.78 is 5.18. The van der Waals surface area contributed by atoms with Crippen molar-refractivity contribution in [2.45, 2.75) is 19.8 Å². The summed E-state index contributed by atoms with van der Waals surface area (Å²) in [7, 11) is 1.52. The van der Waals surface area contributed by atoms with Crippen molar-refractivity contribution in [1.29, 1.82) is 0 Å². The number of aryl methyl sites for hydroxylation is 2. The normalized spacial score (nSPS) is 10.1. The Balaban J connectivity index is 1.80. The SMILES string of the molecule is COc1ccc(C)cc1NC(=O)C(=O)NCCCc1ccccc1. The number of carbonyl (C=O) groups excluding carboxylic acids is 2. The molecular weight excluding hydrogens is 304 g/mol. The van der Waals surface area contributed by atoms with Gasteiger partial charge in [0.15, 0.2) is 0 Å². The maximum absolute atomic E-state index is 12.0. The predicted octanol–water partition coefficient (Wildman–Crippen LogP) is 2.69. The third-order valence-corrected chi connectivity index (χ3v) is 3.58. The molecule has 5 nitrogen and oxygen atoms in total. The number of carbonyl (C=O) groups is 2. The van der Waals surface area contributed by atoms with E-state index in [0.29, 0.717) is 18.0 Å². The van der Waals surface area contributed by atoms with Crippen LogP contribution in [0.4, 0.5) is 5.69 Å². The molecule has 0 aliphatic heterocycles. The van der Waals surface area contributed by atoms with Crippen molar-refractivity contribution in [1.82, 2.24) is 5.32 Å². The van der Waals surface area contributed by atoms with Gasteiger partial charge in [0, 0.05) is 6.54 Å². The van der Waals surface area contributed by atoms with Gasteiger partial charge in [-0.2, -0.15) is 0 Å². The van der Waals surface area contributed by atoms with Gasteiger partial charge < -0.3 is 15.4 Å². The monoisotopic (exact) mass is 326 g/mol. The third-order valence-electron chi connectivity index (χ3n) is 3.58. The Morgan fingerprint density at radius 1 is 1.04 bits per heavy atom. The average Bonchev–Trinajstić information content (AvgIpc) is 2.59. The maximum atomic E-state index is 12.0. The van der Waals surface area contributed by atoms with E-state index in [2.05, 4.69) is 10.6 Å². The van der Waals surface area contributed by atoms with Gasteiger partial charge in [0.2, 0.25) is 0 Å². The molecule has 0 aliphatic carbocycles. The number of ether oxygens (including phenoxy) is 1. The second-order valence-electron chi connectivity index (χ2n) is 5.50. The first kappa shape index (κ1) is 17.5. The first-order chi connectivity index (χ1) is 11.6. The summed E-state index contributed by atoms with van der Waals surface area (Å²) in [6.07, 6.45) is 1.63. The molecule has 0 aliphatic rings. The molecule has 2 N–H and O–H groups in total. The molecule has 0 heterocycles. The van der Waals surface area contributed by atoms with Crippen molar-refractivity contribution in [2.24, 2.45) is 0 Å². The molecule has 0 unspecified atom stereocenters. The van der Waals surface area contributed by atoms with Crippen LogP contribution in [0.25, 0.3) is 0 Å². The zero-order valence-electron chi connectivity index (χ0n) is 14.0. The van der Waals surface area contributed by atoms with Gasteiger partial charge in [0.05, 0.1) is 12.8 Å². The summed E-state index contributed by atoms with van der Waals surface area (Å²) in [6, 6.07) is 15.4. The van der Waals surface area contributed by atoms with Crippen LogP contribution in [0.3, 0.4) is 0 Å². The largest absolute Gasteiger partial charge is 0.495 e. The highest BCUT2D eigenvalue weighted by Gasteiger charge is 2.15. The number of rotatable bonds is 6. The Morgan fingerprint density at radius 3 is 2.50 bits per heavy atom. The number of nitrogens with one attached hydrogen (secondary N) is 2. The van der Waals surface area contributed by atoms with E-state index in [1.54, 1.807) is 12.1 Å². The Kier molecular flexibility index (Phi) is 6.37. The molecular formula is C19H22N2O3. The van der Waals surface area contributed by atoms with Crippen LogP contribution in [0, 0.1) is 6.92 Å². The molecule has 0 spiro atoms. The highest BCUT2D eigenvalue weighted by atomic mass is 16.5. The first-order valence-corrected chi connectivity index (χ1v) is 7.88. The molecule has 0 atom stereocenters. The Hall–Kier alpha value is -2.82. The lowest BCUT2D eigenvalue weighted by Crippen LogP contribution is -2.36. The molecule has 24 heavy (non-hydrogen) atoms. The molecule has 2 rings (SSSR count). The predicted molar refractivity (Wildman–Crippen MR) is 94.1 cm³/mol. The molecule has 0 aromatic heterocycles. The number of amides is 2. The molecule has 2 amide bonds. The van der Waals surface area contributed by atoms with Crippen LogP contribution in [0.2, 0.25) is 0 Å². The van der Waals surface area contributed by atoms with E-state index < -0.39 is 11.8 Å². The summed E-state index contributed by atoms with van der Waals surface area (Å²) in [5.41, 5.74) is 2.66. The zero-order chi connectivity index (χ0) is 17.4. The van der Waals surface area contributed by atoms with Crippen molar-refractivity contribution in [3.8, 4) is 5.75 Å². The Bertz CT molecular complexity index is 699. The summed E-state index contributed by atoms with van der Waals surface area (Å²) in [5, 5.41) is 5.22. The van der Waals surface area contributed by atoms with Gasteiger partial charge in [-0.05, 0) is 43.0 Å². The van der Waals surface area contributed by atoms with E-state index in [1.165, 1.54) is 12.7 Å². The molecule has 0 bridgehead atoms. The number of anilines is 1. The van der Waals surface area contributed by atoms with Crippen molar-refractivity contribution in [3.05, 3.63) is 59.7 Å². The van der Waals surface area contributed by atoms with Gasteiger partial charge in [0.25, 0.3) is 0 Å². The second-order valence-corrected chi connectivity index (χ2v) is 5.50. The number of hydrogen-bond acceptors (Lipinski definition) is 3. The van der Waals surface area contributed by atoms with E-state index >= 15 is 0 Å². The van der Waals surface area contributed by atoms with Crippen LogP contribution in [0.1, 0.15) is 17.5 Å². The highest BCUT2D eigenvalue weighted by molar-refractivity contribution is 6.39. The topological polar surface area (TPSA) is 67.4 Å². The van der Waals surface area contributed by atoms with Crippen LogP contribution in [0.15, 0.2) is 48.5 Å². The van der Waals surface area contributed by atoms with Crippen LogP contribution >= 0.6 is 0 Å². The summed E-state index contributed by atoms with van der Waals surface area (Å²) >= 11 is 0. The lowest BCUT2D eigenvalue weighted by Gasteiger charge is -2.11. The fourth-order valence-corrected chi connectivity index (χ4v) is 2.32. The van der Waals surface area contributed by atoms with E-state index in [-0.39, 0.29) is 0 Å². The summed E-state index contributed by atoms with van der Waals surface area (Å²) in [6.45, 7) is 2.35. The van der Waals surface area contributed by atoms with Crippen molar-refractivity contribution in [2.75, 3.05) is 19.0 Å². The molecule has 2 aromatic rings. The average molecular weight is 326 g/mol. The minimum Gasteiger partial charge on any atom is -0.495 e. The molecule has 0 radical (unpaired) electrons. The van der Waals surface area contributed by atoms with Gasteiger partial charge in [-0.25, -0.2) is 0 Å². The number of hydrogen-bond donors (Lipinski definition) is 2. The van der Waals surface area contributed by atoms with Crippen LogP contribution < -0.4 is 15.4 Å². The molecule has 5 heteroatoms. The zero-order valence-corrected chi connectivity index (χ0v) is 14.0. The fraction of sp³-hybridized carbons (Fsp3) is 0.263. The highest BCUT2D eigenvalue weighted by Crippen LogP contribution is 2.24. The van der Waals surface area contributed by atoms with Gasteiger partial charge >= 0.3 is 11.8 Å². The smallest absolute Gasteiger partial charge is 0.313 e. The molecule has 2 aromatic carbocycles. The van der Waals surface area contributed by atoms with Crippen LogP contribution in [-0.4, -0.2) is 25.5 Å². The van der Waals surface area contributed by atoms with Crippen LogP contribution in [-0.2, 0) is 16.0 Å². The standard InChI is InChI=1S/C19H22N2O3/c1-14-10-11-17(24-2)16(13-14)21-19(23)18(22)20-12-6-9-15-7-4-3-5-8-15/h3-5,7-8,10-11,13H,6,9,12H2,1-2H3,(H,20,22)(H,21,23). The van der Waals surface area contributed by atoms with E-state index in [4.69, 9.17) is 4.74 Å². The van der Waals surface area contributed by atoms with Crippen LogP contribution in [0.5, 0.6) is 5.75 Å². The lowest BCUT2D eigenvalue weighted by molar-refractivity contribution is -0.136. The fourth-order valence-electron chi connectivity index (χ4n) is 2.32. The minimum atomic E-state index is -0.696. The van der Waals surface area contributed by atoms with E-state index in [0.717, 1.165) is 18.4 Å². The van der Waals surface area contributed by atoms with E-state index in [9.17, 15) is 9.59 Å². The summed E-state index contributed by atoms with van der Waals surface area (Å²) in [4.78, 5) is 23.9. The van der Waals surface area contributed by atoms with Crippen molar-refractivity contribution < 1.29 is 14.3 Å². The molecule has 126 valence electrons. The first-order valence-electron chi connectivity index (χ1n) is 7.88. The third kappa shape index (κ3) is 5.12. The van der Waals surface area contributed by atoms with Crippen molar-refractivity contribution in [3.63, 3.8) is 0 Å². The van der Waals surface area contributed by atoms with Gasteiger partial charge in [-0.1, -0.05) is 36.4 Å². The van der Waals surface area contributed by atoms with Crippen molar-refractivity contribution >= 4 is 17.5 Å². The number of methoxy groups -OCH3 is 1. The van der Waals surface area contributed by atoms with Gasteiger partial charge in [-0.3, -0.25) is 9.59 Å².